The van der Waals surface area contributed by atoms with Crippen molar-refractivity contribution in [2.45, 2.75) is 19.0 Å². The molecule has 1 atom stereocenters. The molecule has 0 saturated carbocycles. The van der Waals surface area contributed by atoms with E-state index in [1.807, 2.05) is 24.3 Å². The minimum absolute atomic E-state index is 0.276. The average molecular weight is 744 g/mol. The normalized spacial score (nSPS) is 15.2. The molecular formula is C53H37N5. The molecule has 0 saturated heterocycles. The first kappa shape index (κ1) is 32.7. The van der Waals surface area contributed by atoms with Gasteiger partial charge in [-0.2, -0.15) is 0 Å². The van der Waals surface area contributed by atoms with Gasteiger partial charge in [0.15, 0.2) is 5.84 Å². The highest BCUT2D eigenvalue weighted by molar-refractivity contribution is 6.20. The van der Waals surface area contributed by atoms with Gasteiger partial charge in [0.25, 0.3) is 0 Å². The van der Waals surface area contributed by atoms with Crippen molar-refractivity contribution in [1.29, 1.82) is 0 Å². The van der Waals surface area contributed by atoms with Gasteiger partial charge >= 0.3 is 0 Å². The summed E-state index contributed by atoms with van der Waals surface area (Å²) in [5.74, 6) is 1.53. The van der Waals surface area contributed by atoms with Gasteiger partial charge in [0.1, 0.15) is 12.0 Å². The van der Waals surface area contributed by atoms with Crippen molar-refractivity contribution in [1.82, 2.24) is 14.5 Å². The second kappa shape index (κ2) is 13.0. The van der Waals surface area contributed by atoms with Crippen molar-refractivity contribution < 1.29 is 0 Å². The number of benzene rings is 8. The first-order valence-electron chi connectivity index (χ1n) is 20.1. The number of rotatable bonds is 5. The van der Waals surface area contributed by atoms with Gasteiger partial charge in [-0.25, -0.2) is 9.98 Å². The van der Waals surface area contributed by atoms with Crippen LogP contribution >= 0.6 is 0 Å². The van der Waals surface area contributed by atoms with Crippen LogP contribution in [0.25, 0.3) is 71.7 Å². The van der Waals surface area contributed by atoms with Crippen LogP contribution in [0.15, 0.2) is 192 Å². The predicted molar refractivity (Wildman–Crippen MR) is 242 cm³/mol. The number of para-hydroxylation sites is 2. The maximum absolute atomic E-state index is 5.22. The van der Waals surface area contributed by atoms with Gasteiger partial charge in [0.05, 0.1) is 27.9 Å². The van der Waals surface area contributed by atoms with Crippen molar-refractivity contribution in [2.75, 3.05) is 0 Å². The highest BCUT2D eigenvalue weighted by Crippen LogP contribution is 2.45. The molecular weight excluding hydrogens is 707 g/mol. The minimum atomic E-state index is -0.276. The summed E-state index contributed by atoms with van der Waals surface area (Å²) >= 11 is 0. The monoisotopic (exact) mass is 743 g/mol. The third-order valence-corrected chi connectivity index (χ3v) is 12.0. The summed E-state index contributed by atoms with van der Waals surface area (Å²) in [5, 5.41) is 12.3. The lowest BCUT2D eigenvalue weighted by molar-refractivity contribution is 0.674. The zero-order valence-electron chi connectivity index (χ0n) is 31.7. The summed E-state index contributed by atoms with van der Waals surface area (Å²) in [6.07, 6.45) is 6.38. The Balaban J connectivity index is 1.13. The summed E-state index contributed by atoms with van der Waals surface area (Å²) in [6.45, 7) is 0. The Morgan fingerprint density at radius 1 is 0.552 bits per heavy atom. The number of aliphatic imine (C=N–C) groups is 2. The maximum atomic E-state index is 5.22. The second-order valence-corrected chi connectivity index (χ2v) is 15.3. The Morgan fingerprint density at radius 2 is 1.19 bits per heavy atom. The van der Waals surface area contributed by atoms with Crippen LogP contribution in [0.3, 0.4) is 0 Å². The molecule has 0 spiro atoms. The number of aromatic nitrogens is 2. The second-order valence-electron chi connectivity index (χ2n) is 15.3. The SMILES string of the molecule is C1=Cc2c(n(-c3ccc(C4=NC(c5ccccc5)=NC(c5ccccc5)N4)c4ccccc34)c3cc4ccccc4c(-n4c5ccccc5c5ccccc54)c23)CC1. The van der Waals surface area contributed by atoms with E-state index in [1.54, 1.807) is 0 Å². The molecule has 2 aromatic heterocycles. The van der Waals surface area contributed by atoms with Crippen LogP contribution in [0.5, 0.6) is 0 Å². The molecule has 0 fully saturated rings. The molecule has 1 aliphatic heterocycles. The summed E-state index contributed by atoms with van der Waals surface area (Å²) in [6, 6.07) is 63.1. The number of hydrogen-bond acceptors (Lipinski definition) is 3. The Kier molecular flexibility index (Phi) is 7.35. The molecule has 2 aliphatic rings. The number of allylic oxidation sites excluding steroid dienone is 1. The van der Waals surface area contributed by atoms with E-state index >= 15 is 0 Å². The van der Waals surface area contributed by atoms with Crippen LogP contribution in [-0.4, -0.2) is 20.8 Å². The van der Waals surface area contributed by atoms with Crippen molar-refractivity contribution >= 4 is 72.0 Å². The number of fused-ring (bicyclic) bond motifs is 8. The van der Waals surface area contributed by atoms with Gasteiger partial charge in [0, 0.05) is 49.3 Å². The standard InChI is InChI=1S/C53H37N5/c1-3-17-34(18-4-1)51-54-52(35-19-5-2-6-20-35)56-53(55-51)42-31-32-47(39-24-10-9-23-38(39)42)57-46-30-16-13-27-43(46)49-48(57)33-36-21-7-8-22-37(36)50(49)58-44-28-14-11-25-40(44)41-26-12-15-29-45(41)58/h1-15,17-29,31-33,51H,16,30H2,(H,54,55,56). The molecule has 5 heteroatoms. The lowest BCUT2D eigenvalue weighted by Crippen LogP contribution is -2.33. The van der Waals surface area contributed by atoms with Gasteiger partial charge in [0.2, 0.25) is 0 Å². The van der Waals surface area contributed by atoms with E-state index in [9.17, 15) is 0 Å². The zero-order chi connectivity index (χ0) is 38.2. The zero-order valence-corrected chi connectivity index (χ0v) is 31.7. The molecule has 1 N–H and O–H groups in total. The van der Waals surface area contributed by atoms with E-state index in [1.165, 1.54) is 65.8 Å². The highest BCUT2D eigenvalue weighted by atomic mass is 15.2. The average Bonchev–Trinajstić information content (AvgIpc) is 3.81. The van der Waals surface area contributed by atoms with E-state index in [2.05, 4.69) is 178 Å². The highest BCUT2D eigenvalue weighted by Gasteiger charge is 2.28. The van der Waals surface area contributed by atoms with E-state index in [-0.39, 0.29) is 6.17 Å². The summed E-state index contributed by atoms with van der Waals surface area (Å²) in [5.41, 5.74) is 11.8. The van der Waals surface area contributed by atoms with E-state index in [0.717, 1.165) is 52.3 Å². The molecule has 0 radical (unpaired) electrons. The Morgan fingerprint density at radius 3 is 1.95 bits per heavy atom. The van der Waals surface area contributed by atoms with Gasteiger partial charge in [-0.3, -0.25) is 0 Å². The predicted octanol–water partition coefficient (Wildman–Crippen LogP) is 12.5. The summed E-state index contributed by atoms with van der Waals surface area (Å²) in [7, 11) is 0. The number of nitrogens with zero attached hydrogens (tertiary/aromatic N) is 4. The van der Waals surface area contributed by atoms with E-state index in [0.29, 0.717) is 0 Å². The number of nitrogens with one attached hydrogen (secondary N) is 1. The summed E-state index contributed by atoms with van der Waals surface area (Å²) in [4.78, 5) is 10.3. The third-order valence-electron chi connectivity index (χ3n) is 12.0. The quantitative estimate of drug-likeness (QED) is 0.187. The fraction of sp³-hybridized carbons (Fsp3) is 0.0566. The topological polar surface area (TPSA) is 46.6 Å². The third kappa shape index (κ3) is 4.96. The fourth-order valence-corrected chi connectivity index (χ4v) is 9.48. The Hall–Kier alpha value is -7.50. The first-order valence-corrected chi connectivity index (χ1v) is 20.1. The molecule has 5 nitrogen and oxygen atoms in total. The molecule has 1 unspecified atom stereocenters. The van der Waals surface area contributed by atoms with Crippen molar-refractivity contribution in [3.05, 3.63) is 210 Å². The van der Waals surface area contributed by atoms with Crippen LogP contribution in [0.2, 0.25) is 0 Å². The molecule has 3 heterocycles. The first-order chi connectivity index (χ1) is 28.8. The molecule has 0 amide bonds. The molecule has 10 aromatic rings. The molecule has 1 aliphatic carbocycles. The molecule has 8 aromatic carbocycles. The summed E-state index contributed by atoms with van der Waals surface area (Å²) < 4.78 is 5.08. The lowest BCUT2D eigenvalue weighted by atomic mass is 9.98. The van der Waals surface area contributed by atoms with Crippen molar-refractivity contribution in [3.63, 3.8) is 0 Å². The van der Waals surface area contributed by atoms with Gasteiger partial charge in [-0.15, -0.1) is 0 Å². The van der Waals surface area contributed by atoms with Crippen LogP contribution < -0.4 is 5.32 Å². The van der Waals surface area contributed by atoms with Crippen LogP contribution in [0, 0.1) is 0 Å². The largest absolute Gasteiger partial charge is 0.344 e. The minimum Gasteiger partial charge on any atom is -0.344 e. The van der Waals surface area contributed by atoms with Gasteiger partial charge in [-0.1, -0.05) is 158 Å². The lowest BCUT2D eigenvalue weighted by Gasteiger charge is -2.25. The molecule has 12 rings (SSSR count). The molecule has 58 heavy (non-hydrogen) atoms. The number of amidine groups is 2. The fourth-order valence-electron chi connectivity index (χ4n) is 9.48. The smallest absolute Gasteiger partial charge is 0.159 e. The maximum Gasteiger partial charge on any atom is 0.159 e. The molecule has 274 valence electrons. The van der Waals surface area contributed by atoms with Crippen molar-refractivity contribution in [3.8, 4) is 11.4 Å². The Labute approximate surface area is 335 Å². The number of hydrogen-bond donors (Lipinski definition) is 1. The van der Waals surface area contributed by atoms with Crippen molar-refractivity contribution in [2.24, 2.45) is 9.98 Å². The Bertz CT molecular complexity index is 3310. The van der Waals surface area contributed by atoms with Crippen LogP contribution in [-0.2, 0) is 6.42 Å². The van der Waals surface area contributed by atoms with Gasteiger partial charge in [-0.05, 0) is 59.5 Å². The van der Waals surface area contributed by atoms with E-state index < -0.39 is 0 Å². The van der Waals surface area contributed by atoms with Crippen LogP contribution in [0.1, 0.15) is 40.5 Å². The van der Waals surface area contributed by atoms with Crippen LogP contribution in [0.4, 0.5) is 0 Å². The molecule has 0 bridgehead atoms. The van der Waals surface area contributed by atoms with Gasteiger partial charge < -0.3 is 14.5 Å². The van der Waals surface area contributed by atoms with E-state index in [4.69, 9.17) is 9.98 Å².